The zero-order chi connectivity index (χ0) is 25.2. The number of carbonyl (C=O) groups is 1. The van der Waals surface area contributed by atoms with E-state index in [1.807, 2.05) is 84.9 Å². The van der Waals surface area contributed by atoms with Crippen LogP contribution in [0.5, 0.6) is 5.75 Å². The van der Waals surface area contributed by atoms with Crippen LogP contribution in [0.15, 0.2) is 109 Å². The summed E-state index contributed by atoms with van der Waals surface area (Å²) in [5.41, 5.74) is 6.54. The number of ether oxygens (including phenoxy) is 1. The van der Waals surface area contributed by atoms with Crippen LogP contribution in [-0.4, -0.2) is 13.0 Å². The van der Waals surface area contributed by atoms with Gasteiger partial charge in [-0.1, -0.05) is 60.7 Å². The van der Waals surface area contributed by atoms with Gasteiger partial charge in [0.25, 0.3) is 5.91 Å². The predicted molar refractivity (Wildman–Crippen MR) is 150 cm³/mol. The number of nitrogens with one attached hydrogen (secondary N) is 3. The van der Waals surface area contributed by atoms with Crippen molar-refractivity contribution in [1.29, 1.82) is 0 Å². The average molecular weight is 488 g/mol. The fourth-order valence-electron chi connectivity index (χ4n) is 5.57. The summed E-state index contributed by atoms with van der Waals surface area (Å²) in [6.45, 7) is 0. The highest BCUT2D eigenvalue weighted by atomic mass is 16.5. The Balaban J connectivity index is 1.27. The van der Waals surface area contributed by atoms with Gasteiger partial charge in [-0.05, 0) is 66.4 Å². The number of anilines is 4. The van der Waals surface area contributed by atoms with Gasteiger partial charge in [0.15, 0.2) is 0 Å². The lowest BCUT2D eigenvalue weighted by atomic mass is 9.76. The lowest BCUT2D eigenvalue weighted by Crippen LogP contribution is -2.31. The molecule has 3 unspecified atom stereocenters. The highest BCUT2D eigenvalue weighted by Gasteiger charge is 2.40. The summed E-state index contributed by atoms with van der Waals surface area (Å²) in [7, 11) is 1.71. The van der Waals surface area contributed by atoms with E-state index in [1.54, 1.807) is 7.11 Å². The van der Waals surface area contributed by atoms with Gasteiger partial charge in [-0.3, -0.25) is 4.79 Å². The van der Waals surface area contributed by atoms with E-state index >= 15 is 0 Å². The number of carbonyl (C=O) groups excluding carboxylic acids is 1. The van der Waals surface area contributed by atoms with Gasteiger partial charge in [-0.2, -0.15) is 0 Å². The van der Waals surface area contributed by atoms with Gasteiger partial charge in [0, 0.05) is 28.5 Å². The van der Waals surface area contributed by atoms with Crippen molar-refractivity contribution in [3.63, 3.8) is 0 Å². The van der Waals surface area contributed by atoms with Crippen molar-refractivity contribution in [3.8, 4) is 5.75 Å². The van der Waals surface area contributed by atoms with Gasteiger partial charge in [0.1, 0.15) is 5.75 Å². The molecule has 0 aromatic heterocycles. The first kappa shape index (κ1) is 22.9. The second kappa shape index (κ2) is 9.86. The first-order chi connectivity index (χ1) is 18.2. The molecule has 5 heteroatoms. The Hall–Kier alpha value is -4.51. The Morgan fingerprint density at radius 1 is 0.811 bits per heavy atom. The van der Waals surface area contributed by atoms with E-state index < -0.39 is 0 Å². The van der Waals surface area contributed by atoms with Crippen LogP contribution in [0.4, 0.5) is 22.7 Å². The summed E-state index contributed by atoms with van der Waals surface area (Å²) >= 11 is 0. The van der Waals surface area contributed by atoms with Crippen molar-refractivity contribution in [2.45, 2.75) is 18.4 Å². The molecule has 6 rings (SSSR count). The molecule has 0 bridgehead atoms. The number of hydrogen-bond donors (Lipinski definition) is 3. The van der Waals surface area contributed by atoms with Crippen LogP contribution in [0.3, 0.4) is 0 Å². The van der Waals surface area contributed by atoms with Crippen LogP contribution in [0.25, 0.3) is 0 Å². The first-order valence-corrected chi connectivity index (χ1v) is 12.6. The molecular formula is C32H29N3O2. The molecule has 3 N–H and O–H groups in total. The van der Waals surface area contributed by atoms with E-state index in [9.17, 15) is 4.79 Å². The molecule has 184 valence electrons. The molecule has 0 saturated heterocycles. The second-order valence-electron chi connectivity index (χ2n) is 9.51. The minimum Gasteiger partial charge on any atom is -0.496 e. The Morgan fingerprint density at radius 3 is 2.32 bits per heavy atom. The molecule has 2 aliphatic rings. The largest absolute Gasteiger partial charge is 0.496 e. The van der Waals surface area contributed by atoms with Gasteiger partial charge in [0.05, 0.1) is 24.4 Å². The van der Waals surface area contributed by atoms with Crippen LogP contribution in [0.2, 0.25) is 0 Å². The molecule has 1 aliphatic carbocycles. The number of rotatable bonds is 6. The van der Waals surface area contributed by atoms with Gasteiger partial charge in [0.2, 0.25) is 0 Å². The van der Waals surface area contributed by atoms with Crippen molar-refractivity contribution in [2.75, 3.05) is 23.1 Å². The normalized spacial score (nSPS) is 19.3. The standard InChI is InChI=1S/C32H29N3O2/c1-37-29-16-6-5-11-27(29)30-25-13-7-12-24(25)26-14-8-15-28(31(26)35-30)32(36)34-23-19-17-22(18-20-23)33-21-9-3-2-4-10-21/h2-12,14-20,24-25,30,33,35H,13H2,1H3,(H,34,36). The summed E-state index contributed by atoms with van der Waals surface area (Å²) in [4.78, 5) is 13.5. The summed E-state index contributed by atoms with van der Waals surface area (Å²) in [6.07, 6.45) is 5.53. The number of benzene rings is 4. The van der Waals surface area contributed by atoms with Crippen LogP contribution < -0.4 is 20.7 Å². The maximum atomic E-state index is 13.5. The smallest absolute Gasteiger partial charge is 0.257 e. The summed E-state index contributed by atoms with van der Waals surface area (Å²) in [5, 5.41) is 10.2. The summed E-state index contributed by atoms with van der Waals surface area (Å²) in [6, 6.07) is 32.0. The van der Waals surface area contributed by atoms with Crippen LogP contribution in [0.1, 0.15) is 39.9 Å². The van der Waals surface area contributed by atoms with Crippen LogP contribution in [0, 0.1) is 5.92 Å². The maximum Gasteiger partial charge on any atom is 0.257 e. The molecule has 1 heterocycles. The van der Waals surface area contributed by atoms with Crippen molar-refractivity contribution in [2.24, 2.45) is 5.92 Å². The third-order valence-electron chi connectivity index (χ3n) is 7.32. The van der Waals surface area contributed by atoms with E-state index in [2.05, 4.69) is 40.2 Å². The highest BCUT2D eigenvalue weighted by molar-refractivity contribution is 6.08. The first-order valence-electron chi connectivity index (χ1n) is 12.6. The van der Waals surface area contributed by atoms with E-state index in [0.717, 1.165) is 40.5 Å². The summed E-state index contributed by atoms with van der Waals surface area (Å²) in [5.74, 6) is 1.35. The minimum atomic E-state index is -0.132. The molecule has 37 heavy (non-hydrogen) atoms. The Morgan fingerprint density at radius 2 is 1.51 bits per heavy atom. The second-order valence-corrected chi connectivity index (χ2v) is 9.51. The van der Waals surface area contributed by atoms with E-state index in [-0.39, 0.29) is 17.9 Å². The highest BCUT2D eigenvalue weighted by Crippen LogP contribution is 2.51. The Labute approximate surface area is 217 Å². The molecule has 1 amide bonds. The number of hydrogen-bond acceptors (Lipinski definition) is 4. The molecular weight excluding hydrogens is 458 g/mol. The molecule has 0 spiro atoms. The number of para-hydroxylation sites is 3. The zero-order valence-electron chi connectivity index (χ0n) is 20.6. The third kappa shape index (κ3) is 4.45. The van der Waals surface area contributed by atoms with Crippen molar-refractivity contribution in [1.82, 2.24) is 0 Å². The third-order valence-corrected chi connectivity index (χ3v) is 7.32. The van der Waals surface area contributed by atoms with Crippen LogP contribution >= 0.6 is 0 Å². The fraction of sp³-hybridized carbons (Fsp3) is 0.156. The topological polar surface area (TPSA) is 62.4 Å². The molecule has 1 aliphatic heterocycles. The van der Waals surface area contributed by atoms with Gasteiger partial charge in [-0.25, -0.2) is 0 Å². The van der Waals surface area contributed by atoms with Crippen molar-refractivity contribution < 1.29 is 9.53 Å². The van der Waals surface area contributed by atoms with Gasteiger partial charge < -0.3 is 20.7 Å². The fourth-order valence-corrected chi connectivity index (χ4v) is 5.57. The van der Waals surface area contributed by atoms with Gasteiger partial charge >= 0.3 is 0 Å². The number of allylic oxidation sites excluding steroid dienone is 2. The molecule has 0 saturated carbocycles. The zero-order valence-corrected chi connectivity index (χ0v) is 20.6. The van der Waals surface area contributed by atoms with Crippen molar-refractivity contribution in [3.05, 3.63) is 126 Å². The minimum absolute atomic E-state index is 0.0425. The molecule has 4 aromatic carbocycles. The quantitative estimate of drug-likeness (QED) is 0.246. The monoisotopic (exact) mass is 487 g/mol. The maximum absolute atomic E-state index is 13.5. The van der Waals surface area contributed by atoms with Crippen LogP contribution in [-0.2, 0) is 0 Å². The van der Waals surface area contributed by atoms with E-state index in [1.165, 1.54) is 5.56 Å². The average Bonchev–Trinajstić information content (AvgIpc) is 3.44. The molecule has 0 radical (unpaired) electrons. The molecule has 0 fully saturated rings. The predicted octanol–water partition coefficient (Wildman–Crippen LogP) is 7.52. The number of fused-ring (bicyclic) bond motifs is 3. The Kier molecular flexibility index (Phi) is 6.11. The lowest BCUT2D eigenvalue weighted by Gasteiger charge is -2.38. The molecule has 3 atom stereocenters. The molecule has 4 aromatic rings. The van der Waals surface area contributed by atoms with E-state index in [4.69, 9.17) is 4.74 Å². The Bertz CT molecular complexity index is 1450. The van der Waals surface area contributed by atoms with Crippen molar-refractivity contribution >= 4 is 28.7 Å². The SMILES string of the molecule is COc1ccccc1C1Nc2c(C(=O)Nc3ccc(Nc4ccccc4)cc3)cccc2C2C=CCC21. The van der Waals surface area contributed by atoms with E-state index in [0.29, 0.717) is 11.5 Å². The molecule has 5 nitrogen and oxygen atoms in total. The number of amides is 1. The lowest BCUT2D eigenvalue weighted by molar-refractivity contribution is 0.102. The number of methoxy groups -OCH3 is 1. The summed E-state index contributed by atoms with van der Waals surface area (Å²) < 4.78 is 5.69. The van der Waals surface area contributed by atoms with Gasteiger partial charge in [-0.15, -0.1) is 0 Å².